The minimum Gasteiger partial charge on any atom is -0.497 e. The van der Waals surface area contributed by atoms with Gasteiger partial charge in [0.2, 0.25) is 21.8 Å². The number of methoxy groups -OCH3 is 1. The minimum absolute atomic E-state index is 0.0320. The third-order valence-corrected chi connectivity index (χ3v) is 8.79. The number of rotatable bonds is 14. The highest BCUT2D eigenvalue weighted by atomic mass is 32.2. The van der Waals surface area contributed by atoms with Crippen LogP contribution in [0.1, 0.15) is 48.9 Å². The van der Waals surface area contributed by atoms with Crippen LogP contribution in [0.3, 0.4) is 0 Å². The van der Waals surface area contributed by atoms with E-state index in [2.05, 4.69) is 10.0 Å². The van der Waals surface area contributed by atoms with Gasteiger partial charge in [-0.15, -0.1) is 0 Å². The van der Waals surface area contributed by atoms with Gasteiger partial charge in [-0.1, -0.05) is 61.5 Å². The van der Waals surface area contributed by atoms with Gasteiger partial charge in [0.15, 0.2) is 0 Å². The van der Waals surface area contributed by atoms with Crippen molar-refractivity contribution in [1.29, 1.82) is 0 Å². The van der Waals surface area contributed by atoms with E-state index in [1.165, 1.54) is 12.1 Å². The Morgan fingerprint density at radius 1 is 1.00 bits per heavy atom. The summed E-state index contributed by atoms with van der Waals surface area (Å²) in [7, 11) is -1.97. The summed E-state index contributed by atoms with van der Waals surface area (Å²) >= 11 is 0. The molecule has 0 saturated carbocycles. The molecule has 0 unspecified atom stereocenters. The fourth-order valence-corrected chi connectivity index (χ4v) is 6.02. The number of carbonyl (C=O) groups excluding carboxylic acids is 2. The Kier molecular flexibility index (Phi) is 11.1. The van der Waals surface area contributed by atoms with Crippen LogP contribution in [0.2, 0.25) is 0 Å². The molecule has 0 aromatic heterocycles. The summed E-state index contributed by atoms with van der Waals surface area (Å²) in [5.74, 6) is 0.234. The summed E-state index contributed by atoms with van der Waals surface area (Å²) in [4.78, 5) is 29.5. The summed E-state index contributed by atoms with van der Waals surface area (Å²) in [5.41, 5.74) is 2.39. The molecule has 10 heteroatoms. The van der Waals surface area contributed by atoms with Gasteiger partial charge in [-0.05, 0) is 60.2 Å². The van der Waals surface area contributed by atoms with Gasteiger partial charge in [0.05, 0.1) is 18.1 Å². The first kappa shape index (κ1) is 31.2. The van der Waals surface area contributed by atoms with Crippen molar-refractivity contribution in [2.75, 3.05) is 26.8 Å². The number of hydrogen-bond acceptors (Lipinski definition) is 6. The molecule has 224 valence electrons. The second-order valence-electron chi connectivity index (χ2n) is 10.2. The monoisotopic (exact) mass is 593 g/mol. The van der Waals surface area contributed by atoms with E-state index < -0.39 is 16.1 Å². The van der Waals surface area contributed by atoms with Crippen LogP contribution in [0.4, 0.5) is 0 Å². The minimum atomic E-state index is -3.56. The molecule has 3 aromatic rings. The molecule has 42 heavy (non-hydrogen) atoms. The van der Waals surface area contributed by atoms with Crippen LogP contribution in [0.15, 0.2) is 83.8 Å². The maximum Gasteiger partial charge on any atom is 0.247 e. The Labute approximate surface area is 248 Å². The molecule has 4 rings (SSSR count). The summed E-state index contributed by atoms with van der Waals surface area (Å²) in [6.07, 6.45) is 2.35. The average molecular weight is 594 g/mol. The van der Waals surface area contributed by atoms with Crippen LogP contribution in [0, 0.1) is 0 Å². The lowest BCUT2D eigenvalue weighted by molar-refractivity contribution is -0.141. The van der Waals surface area contributed by atoms with Crippen molar-refractivity contribution in [2.24, 2.45) is 0 Å². The van der Waals surface area contributed by atoms with E-state index in [1.807, 2.05) is 54.6 Å². The SMILES string of the molecule is CCNS(=O)(=O)c1ccc(CCC(=O)N(Cc2ccc(OC)cc2)[C@H](C(=O)NC[C@H]2CCCO2)c2ccccc2)cc1. The quantitative estimate of drug-likeness (QED) is 0.292. The predicted molar refractivity (Wildman–Crippen MR) is 160 cm³/mol. The Morgan fingerprint density at radius 2 is 1.69 bits per heavy atom. The van der Waals surface area contributed by atoms with E-state index in [0.717, 1.165) is 24.0 Å². The highest BCUT2D eigenvalue weighted by molar-refractivity contribution is 7.89. The van der Waals surface area contributed by atoms with Gasteiger partial charge in [0.1, 0.15) is 11.8 Å². The van der Waals surface area contributed by atoms with Crippen molar-refractivity contribution in [3.05, 3.63) is 95.6 Å². The smallest absolute Gasteiger partial charge is 0.247 e. The maximum atomic E-state index is 13.9. The zero-order valence-electron chi connectivity index (χ0n) is 24.1. The van der Waals surface area contributed by atoms with E-state index in [4.69, 9.17) is 9.47 Å². The maximum absolute atomic E-state index is 13.9. The van der Waals surface area contributed by atoms with E-state index in [-0.39, 0.29) is 35.8 Å². The first-order valence-corrected chi connectivity index (χ1v) is 15.7. The van der Waals surface area contributed by atoms with E-state index in [0.29, 0.717) is 37.4 Å². The molecule has 1 aliphatic heterocycles. The molecule has 2 amide bonds. The summed E-state index contributed by atoms with van der Waals surface area (Å²) in [5, 5.41) is 3.03. The molecule has 0 spiro atoms. The van der Waals surface area contributed by atoms with Crippen LogP contribution in [-0.2, 0) is 37.3 Å². The second-order valence-corrected chi connectivity index (χ2v) is 12.0. The average Bonchev–Trinajstić information content (AvgIpc) is 3.53. The predicted octanol–water partition coefficient (Wildman–Crippen LogP) is 3.99. The topological polar surface area (TPSA) is 114 Å². The zero-order chi connectivity index (χ0) is 30.0. The number of ether oxygens (including phenoxy) is 2. The van der Waals surface area contributed by atoms with Crippen molar-refractivity contribution in [2.45, 2.75) is 56.2 Å². The Balaban J connectivity index is 1.57. The Morgan fingerprint density at radius 3 is 2.31 bits per heavy atom. The van der Waals surface area contributed by atoms with Crippen molar-refractivity contribution >= 4 is 21.8 Å². The van der Waals surface area contributed by atoms with Crippen LogP contribution in [0.5, 0.6) is 5.75 Å². The van der Waals surface area contributed by atoms with Gasteiger partial charge >= 0.3 is 0 Å². The fourth-order valence-electron chi connectivity index (χ4n) is 4.98. The molecular weight excluding hydrogens is 554 g/mol. The molecule has 0 bridgehead atoms. The van der Waals surface area contributed by atoms with E-state index in [1.54, 1.807) is 31.1 Å². The Bertz CT molecular complexity index is 1410. The first-order valence-electron chi connectivity index (χ1n) is 14.3. The summed E-state index contributed by atoms with van der Waals surface area (Å²) in [6.45, 7) is 3.31. The van der Waals surface area contributed by atoms with E-state index >= 15 is 0 Å². The number of carbonyl (C=O) groups is 2. The van der Waals surface area contributed by atoms with Gasteiger partial charge in [-0.2, -0.15) is 0 Å². The normalized spacial score (nSPS) is 15.6. The molecule has 9 nitrogen and oxygen atoms in total. The van der Waals surface area contributed by atoms with Crippen LogP contribution in [-0.4, -0.2) is 58.0 Å². The van der Waals surface area contributed by atoms with E-state index in [9.17, 15) is 18.0 Å². The number of nitrogens with zero attached hydrogens (tertiary/aromatic N) is 1. The largest absolute Gasteiger partial charge is 0.497 e. The van der Waals surface area contributed by atoms with Crippen LogP contribution in [0.25, 0.3) is 0 Å². The number of aryl methyl sites for hydroxylation is 1. The lowest BCUT2D eigenvalue weighted by atomic mass is 10.0. The third-order valence-electron chi connectivity index (χ3n) is 7.23. The van der Waals surface area contributed by atoms with Crippen LogP contribution < -0.4 is 14.8 Å². The lowest BCUT2D eigenvalue weighted by Gasteiger charge is -2.32. The number of nitrogens with one attached hydrogen (secondary N) is 2. The zero-order valence-corrected chi connectivity index (χ0v) is 24.9. The molecular formula is C32H39N3O6S. The molecule has 2 N–H and O–H groups in total. The van der Waals surface area contributed by atoms with Crippen molar-refractivity contribution in [3.63, 3.8) is 0 Å². The molecule has 3 aromatic carbocycles. The second kappa shape index (κ2) is 14.9. The molecule has 2 atom stereocenters. The van der Waals surface area contributed by atoms with Gasteiger partial charge in [-0.25, -0.2) is 13.1 Å². The van der Waals surface area contributed by atoms with Gasteiger partial charge in [-0.3, -0.25) is 9.59 Å². The molecule has 1 fully saturated rings. The molecule has 1 saturated heterocycles. The van der Waals surface area contributed by atoms with Crippen molar-refractivity contribution in [3.8, 4) is 5.75 Å². The number of amides is 2. The number of hydrogen-bond donors (Lipinski definition) is 2. The Hall–Kier alpha value is -3.73. The highest BCUT2D eigenvalue weighted by Gasteiger charge is 2.32. The van der Waals surface area contributed by atoms with Gasteiger partial charge in [0, 0.05) is 32.7 Å². The number of benzene rings is 3. The molecule has 0 radical (unpaired) electrons. The van der Waals surface area contributed by atoms with Gasteiger partial charge < -0.3 is 19.7 Å². The molecule has 0 aliphatic carbocycles. The van der Waals surface area contributed by atoms with Crippen LogP contribution >= 0.6 is 0 Å². The third kappa shape index (κ3) is 8.40. The van der Waals surface area contributed by atoms with Crippen molar-refractivity contribution in [1.82, 2.24) is 14.9 Å². The highest BCUT2D eigenvalue weighted by Crippen LogP contribution is 2.26. The first-order chi connectivity index (χ1) is 20.3. The summed E-state index contributed by atoms with van der Waals surface area (Å²) < 4.78 is 38.1. The van der Waals surface area contributed by atoms with Gasteiger partial charge in [0.25, 0.3) is 0 Å². The molecule has 1 aliphatic rings. The lowest BCUT2D eigenvalue weighted by Crippen LogP contribution is -2.45. The standard InChI is InChI=1S/C32H39N3O6S/c1-3-34-42(38,39)29-18-13-24(14-19-29)15-20-30(36)35(23-25-11-16-27(40-2)17-12-25)31(26-8-5-4-6-9-26)32(37)33-22-28-10-7-21-41-28/h4-6,8-9,11-14,16-19,28,31,34H,3,7,10,15,20-23H2,1-2H3,(H,33,37)/t28-,31+/m1/s1. The van der Waals surface area contributed by atoms with Crippen molar-refractivity contribution < 1.29 is 27.5 Å². The summed E-state index contributed by atoms with van der Waals surface area (Å²) in [6, 6.07) is 22.4. The number of sulfonamides is 1. The molecule has 1 heterocycles. The fraction of sp³-hybridized carbons (Fsp3) is 0.375.